The normalized spacial score (nSPS) is 10.3. The lowest BCUT2D eigenvalue weighted by molar-refractivity contribution is 0.0986. The predicted octanol–water partition coefficient (Wildman–Crippen LogP) is 26.9. The first-order valence-corrected chi connectivity index (χ1v) is 44.3. The highest BCUT2D eigenvalue weighted by atomic mass is 35.5. The molecule has 0 atom stereocenters. The van der Waals surface area contributed by atoms with E-state index in [0.717, 1.165) is 71.3 Å². The van der Waals surface area contributed by atoms with Gasteiger partial charge >= 0.3 is 0 Å². The molecule has 5 aromatic heterocycles. The van der Waals surface area contributed by atoms with Crippen LogP contribution in [0.25, 0.3) is 74.1 Å². The van der Waals surface area contributed by atoms with Gasteiger partial charge in [-0.05, 0) is 208 Å². The maximum absolute atomic E-state index is 14.6. The number of H-pyrrole nitrogens is 2. The molecule has 0 aliphatic heterocycles. The number of hydrogen-bond acceptors (Lipinski definition) is 20. The number of anilines is 1. The van der Waals surface area contributed by atoms with E-state index in [1.807, 2.05) is 74.5 Å². The first-order valence-electron chi connectivity index (χ1n) is 39.3. The van der Waals surface area contributed by atoms with Crippen molar-refractivity contribution < 1.29 is 62.3 Å². The monoisotopic (exact) mass is 2070 g/mol. The van der Waals surface area contributed by atoms with Crippen molar-refractivity contribution in [3.63, 3.8) is 0 Å². The highest BCUT2D eigenvalue weighted by molar-refractivity contribution is 7.98. The minimum absolute atomic E-state index is 0.0973. The van der Waals surface area contributed by atoms with E-state index in [-0.39, 0.29) is 78.9 Å². The second kappa shape index (κ2) is 52.0. The molecule has 5 heterocycles. The van der Waals surface area contributed by atoms with E-state index in [1.165, 1.54) is 57.6 Å². The maximum atomic E-state index is 14.6. The zero-order valence-electron chi connectivity index (χ0n) is 70.8. The number of para-hydroxylation sites is 5. The molecule has 0 saturated carbocycles. The van der Waals surface area contributed by atoms with Gasteiger partial charge in [0.15, 0.2) is 48.9 Å². The number of nitriles is 1. The van der Waals surface area contributed by atoms with Crippen molar-refractivity contribution >= 4 is 163 Å². The maximum Gasteiger partial charge on any atom is 0.247 e. The molecular weight excluding hydrogens is 2010 g/mol. The average Bonchev–Trinajstić information content (AvgIpc) is 1.65. The molecule has 22 nitrogen and oxygen atoms in total. The van der Waals surface area contributed by atoms with Crippen LogP contribution < -0.4 is 16.4 Å². The third-order valence-electron chi connectivity index (χ3n) is 17.9. The van der Waals surface area contributed by atoms with Crippen molar-refractivity contribution in [1.29, 1.82) is 5.26 Å². The van der Waals surface area contributed by atoms with E-state index in [0.29, 0.717) is 100 Å². The molecule has 0 fully saturated rings. The van der Waals surface area contributed by atoms with Crippen molar-refractivity contribution in [2.24, 2.45) is 10.7 Å². The third kappa shape index (κ3) is 29.7. The number of aromatic nitrogens is 13. The van der Waals surface area contributed by atoms with Crippen LogP contribution in [0.4, 0.5) is 55.3 Å². The van der Waals surface area contributed by atoms with Crippen LogP contribution in [0.1, 0.15) is 50.5 Å². The van der Waals surface area contributed by atoms with Crippen LogP contribution in [-0.4, -0.2) is 99.6 Å². The number of rotatable bonds is 19. The molecule has 0 unspecified atom stereocenters. The highest BCUT2D eigenvalue weighted by Gasteiger charge is 2.25. The summed E-state index contributed by atoms with van der Waals surface area (Å²) in [5, 5.41) is 55.6. The first kappa shape index (κ1) is 106. The molecule has 0 bridgehead atoms. The summed E-state index contributed by atoms with van der Waals surface area (Å²) >= 11 is 57.0. The van der Waals surface area contributed by atoms with Gasteiger partial charge in [0.05, 0.1) is 111 Å². The number of nitrogens with zero attached hydrogens (tertiary/aromatic N) is 13. The molecule has 0 spiro atoms. The minimum atomic E-state index is -0.906. The Kier molecular flexibility index (Phi) is 40.0. The summed E-state index contributed by atoms with van der Waals surface area (Å²) < 4.78 is 150. The molecule has 0 aliphatic carbocycles. The second-order valence-electron chi connectivity index (χ2n) is 27.4. The molecule has 17 rings (SSSR count). The zero-order valence-corrected chi connectivity index (χ0v) is 79.4. The Morgan fingerprint density at radius 2 is 0.854 bits per heavy atom. The molecule has 17 aromatic rings. The van der Waals surface area contributed by atoms with Gasteiger partial charge in [0.2, 0.25) is 23.6 Å². The fraction of sp³-hybridized carbons (Fsp3) is 0.0745. The molecule has 0 radical (unpaired) electrons. The van der Waals surface area contributed by atoms with Gasteiger partial charge in [0.25, 0.3) is 0 Å². The van der Waals surface area contributed by atoms with Crippen LogP contribution >= 0.6 is 130 Å². The molecule has 0 saturated heterocycles. The van der Waals surface area contributed by atoms with Crippen molar-refractivity contribution in [2.45, 2.75) is 37.6 Å². The number of thioether (sulfide) groups is 1. The smallest absolute Gasteiger partial charge is 0.247 e. The average molecular weight is 2070 g/mol. The number of alkyl halides is 1. The van der Waals surface area contributed by atoms with Crippen molar-refractivity contribution in [3.8, 4) is 80.2 Å². The number of Topliss-reactive ketones (excluding diaryl/α,β-unsaturated/α-hetero) is 2. The molecule has 43 heteroatoms. The predicted molar refractivity (Wildman–Crippen MR) is 522 cm³/mol. The van der Waals surface area contributed by atoms with Gasteiger partial charge in [0, 0.05) is 48.4 Å². The number of carbonyl (C=O) groups excluding carboxylic acids is 2. The lowest BCUT2D eigenvalue weighted by Crippen LogP contribution is -2.33. The van der Waals surface area contributed by atoms with Crippen molar-refractivity contribution in [3.05, 3.63) is 388 Å². The first-order chi connectivity index (χ1) is 65.8. The molecule has 0 aliphatic rings. The third-order valence-corrected chi connectivity index (χ3v) is 21.6. The number of nitrogens with two attached hydrogens (primary N) is 1. The number of aromatic amines is 2. The van der Waals surface area contributed by atoms with E-state index in [1.54, 1.807) is 120 Å². The Bertz CT molecular complexity index is 7180. The van der Waals surface area contributed by atoms with E-state index in [2.05, 4.69) is 84.0 Å². The van der Waals surface area contributed by atoms with E-state index in [4.69, 9.17) is 126 Å². The summed E-state index contributed by atoms with van der Waals surface area (Å²) in [6.07, 6.45) is 0. The van der Waals surface area contributed by atoms with Crippen LogP contribution in [0.5, 0.6) is 0 Å². The molecule has 6 N–H and O–H groups in total. The summed E-state index contributed by atoms with van der Waals surface area (Å²) in [5.41, 5.74) is 12.0. The summed E-state index contributed by atoms with van der Waals surface area (Å²) in [5.74, 6) is -5.53. The van der Waals surface area contributed by atoms with Crippen molar-refractivity contribution in [1.82, 2.24) is 70.0 Å². The van der Waals surface area contributed by atoms with Crippen LogP contribution in [0.2, 0.25) is 25.1 Å². The second-order valence-corrected chi connectivity index (χ2v) is 32.0. The molecule has 0 amide bonds. The standard InChI is InChI=1S/C24H16ClF2N5OS.C15H11ClF2N2OS.2C14H8ClF2N3S.C10H9ClN2O.C8H7F2NO.C7H4ClNS.C2H3N/c1-14-6-8-15(9-7-14)23-30-28-21(33-23)13-34-24-31-29-22(17-11-10-16(26)12-19(17)27)32(24)20-5-3-2-4-18(20)25;16-11-3-1-2-4-13(11)20-15(22)19-8-14(21)10-6-5-9(17)7-12(10)18;2*15-10-3-1-2-4-12(10)20-13(18-19-14(20)21)9-6-5-8(16)7-11(9)17;1-7-2-4-8(5-3-7)10-13-12-9(6-11)14-10;9-5-1-2-6(7(10)3-5)8(12)4-11;8-6-3-1-2-4-7(6)9-5-10;1-2-3/h2-12H,13H2,1H3;1-7H,8H2,(H2,19,20,22);2*1-7H,(H,19,21);2-5H,6H2,1H3;1-3H,4,11H2;1-4H;1H3. The fourth-order valence-electron chi connectivity index (χ4n) is 11.6. The number of nitrogens with one attached hydrogen (secondary N) is 4. The Morgan fingerprint density at radius 1 is 0.474 bits per heavy atom. The summed E-state index contributed by atoms with van der Waals surface area (Å²) in [7, 11) is 0. The van der Waals surface area contributed by atoms with Gasteiger partial charge in [-0.1, -0.05) is 166 Å². The molecule has 12 aromatic carbocycles. The SMILES string of the molecule is CC#N.Cc1ccc(-c2nnc(CCl)o2)cc1.Cc1ccc(-c2nnc(CSc3nnc(-c4ccc(F)cc4F)n3-c3ccccc3Cl)o2)cc1.Fc1ccc(-c2n[nH]c(=S)n2-c2ccccc2Cl)c(F)c1.Fc1ccc(-c2n[nH]c(=S)n2-c2ccccc2Cl)c(F)c1.NCC(=O)c1ccc(F)cc1F.O=C(CNC(=S)Nc1ccccc1Cl)c1ccc(F)cc1F.S=C=Nc1ccccc1Cl. The summed E-state index contributed by atoms with van der Waals surface area (Å²) in [6, 6.07) is 67.9. The van der Waals surface area contributed by atoms with E-state index < -0.39 is 69.7 Å². The highest BCUT2D eigenvalue weighted by Crippen LogP contribution is 2.37. The number of benzene rings is 12. The molecular formula is C94H66Cl6F10N18O4S5. The van der Waals surface area contributed by atoms with Crippen LogP contribution in [-0.2, 0) is 11.6 Å². The molecule has 137 heavy (non-hydrogen) atoms. The van der Waals surface area contributed by atoms with E-state index >= 15 is 0 Å². The number of aliphatic imine (C=N–C) groups is 1. The Balaban J connectivity index is 0.000000170. The Hall–Kier alpha value is -13.6. The van der Waals surface area contributed by atoms with Gasteiger partial charge in [-0.2, -0.15) is 20.5 Å². The fourth-order valence-corrected chi connectivity index (χ4v) is 14.2. The number of thiocarbonyl (C=S) groups is 2. The Morgan fingerprint density at radius 3 is 1.26 bits per heavy atom. The minimum Gasteiger partial charge on any atom is -0.420 e. The number of hydrogen-bond donors (Lipinski definition) is 5. The number of ketones is 2. The van der Waals surface area contributed by atoms with Crippen LogP contribution in [0.3, 0.4) is 0 Å². The lowest BCUT2D eigenvalue weighted by atomic mass is 10.1. The van der Waals surface area contributed by atoms with Crippen LogP contribution in [0.15, 0.2) is 280 Å². The van der Waals surface area contributed by atoms with Crippen molar-refractivity contribution in [2.75, 3.05) is 18.4 Å². The number of isothiocyanates is 1. The van der Waals surface area contributed by atoms with Crippen LogP contribution in [0, 0.1) is 92.9 Å². The number of halogens is 16. The van der Waals surface area contributed by atoms with Gasteiger partial charge in [-0.15, -0.1) is 42.2 Å². The number of carbonyl (C=O) groups is 2. The van der Waals surface area contributed by atoms with Gasteiger partial charge in [0.1, 0.15) is 64.1 Å². The number of aryl methyl sites for hydroxylation is 2. The van der Waals surface area contributed by atoms with E-state index in [9.17, 15) is 53.5 Å². The summed E-state index contributed by atoms with van der Waals surface area (Å²) in [6.45, 7) is 4.96. The zero-order chi connectivity index (χ0) is 98.9. The largest absolute Gasteiger partial charge is 0.420 e. The topological polar surface area (TPSA) is 296 Å². The van der Waals surface area contributed by atoms with Gasteiger partial charge in [-0.3, -0.25) is 33.5 Å². The van der Waals surface area contributed by atoms with Gasteiger partial charge < -0.3 is 25.2 Å². The quantitative estimate of drug-likeness (QED) is 0.0125. The van der Waals surface area contributed by atoms with Gasteiger partial charge in [-0.25, -0.2) is 43.9 Å². The molecule has 698 valence electrons. The Labute approximate surface area is 829 Å². The summed E-state index contributed by atoms with van der Waals surface area (Å²) in [4.78, 5) is 26.5. The lowest BCUT2D eigenvalue weighted by Gasteiger charge is -2.12.